The van der Waals surface area contributed by atoms with Gasteiger partial charge in [-0.1, -0.05) is 25.6 Å². The van der Waals surface area contributed by atoms with Crippen molar-refractivity contribution < 1.29 is 10.0 Å². The lowest BCUT2D eigenvalue weighted by molar-refractivity contribution is -0.384. The second kappa shape index (κ2) is 7.31. The zero-order valence-corrected chi connectivity index (χ0v) is 14.7. The van der Waals surface area contributed by atoms with Crippen LogP contribution in [0.4, 0.5) is 11.4 Å². The van der Waals surface area contributed by atoms with Crippen molar-refractivity contribution in [2.75, 3.05) is 12.3 Å². The first-order valence-electron chi connectivity index (χ1n) is 7.70. The molecule has 126 valence electrons. The van der Waals surface area contributed by atoms with Crippen LogP contribution in [0.1, 0.15) is 26.3 Å². The van der Waals surface area contributed by atoms with Crippen LogP contribution in [0.25, 0.3) is 0 Å². The summed E-state index contributed by atoms with van der Waals surface area (Å²) in [5, 5.41) is 21.7. The van der Waals surface area contributed by atoms with Crippen LogP contribution < -0.4 is 0 Å². The van der Waals surface area contributed by atoms with Crippen molar-refractivity contribution in [2.45, 2.75) is 39.8 Å². The molecule has 2 rings (SSSR count). The Morgan fingerprint density at radius 1 is 1.48 bits per heavy atom. The van der Waals surface area contributed by atoms with E-state index in [1.807, 2.05) is 6.92 Å². The minimum Gasteiger partial charge on any atom is -0.391 e. The van der Waals surface area contributed by atoms with Gasteiger partial charge in [-0.2, -0.15) is 0 Å². The molecule has 0 bridgehead atoms. The lowest BCUT2D eigenvalue weighted by atomic mass is 10.1. The topological polar surface area (TPSA) is 79.0 Å². The van der Waals surface area contributed by atoms with E-state index >= 15 is 0 Å². The average molecular weight is 337 g/mol. The van der Waals surface area contributed by atoms with Crippen LogP contribution in [-0.4, -0.2) is 44.5 Å². The van der Waals surface area contributed by atoms with Crippen molar-refractivity contribution in [3.05, 3.63) is 33.9 Å². The number of nitrogens with zero attached hydrogens (tertiary/aromatic N) is 3. The molecule has 7 heteroatoms. The van der Waals surface area contributed by atoms with Crippen molar-refractivity contribution in [3.63, 3.8) is 0 Å². The summed E-state index contributed by atoms with van der Waals surface area (Å²) >= 11 is 1.62. The van der Waals surface area contributed by atoms with Crippen LogP contribution >= 0.6 is 11.8 Å². The van der Waals surface area contributed by atoms with Gasteiger partial charge in [0.15, 0.2) is 5.17 Å². The molecule has 1 aromatic carbocycles. The van der Waals surface area contributed by atoms with E-state index in [0.717, 1.165) is 28.7 Å². The Morgan fingerprint density at radius 2 is 2.17 bits per heavy atom. The first-order chi connectivity index (χ1) is 10.8. The number of aliphatic imine (C=N–C) groups is 1. The molecule has 0 spiro atoms. The Morgan fingerprint density at radius 3 is 2.70 bits per heavy atom. The minimum absolute atomic E-state index is 0.0551. The predicted octanol–water partition coefficient (Wildman–Crippen LogP) is 3.34. The molecule has 1 saturated heterocycles. The maximum absolute atomic E-state index is 10.8. The van der Waals surface area contributed by atoms with Gasteiger partial charge in [0.2, 0.25) is 0 Å². The molecule has 1 unspecified atom stereocenters. The number of rotatable bonds is 5. The standard InChI is InChI=1S/C16H23N3O3S/c1-10(2)8-18-15(12(4)20)9-23-16(18)17-14-6-5-13(19(21)22)7-11(14)3/h5-7,10,12,15,20H,8-9H2,1-4H3/b17-16-/t12?,15-/m1/s1. The van der Waals surface area contributed by atoms with Gasteiger partial charge in [-0.15, -0.1) is 0 Å². The fraction of sp³-hybridized carbons (Fsp3) is 0.562. The summed E-state index contributed by atoms with van der Waals surface area (Å²) in [6.45, 7) is 8.73. The number of benzene rings is 1. The summed E-state index contributed by atoms with van der Waals surface area (Å²) in [5.74, 6) is 1.26. The van der Waals surface area contributed by atoms with Crippen LogP contribution in [0, 0.1) is 23.0 Å². The zero-order valence-electron chi connectivity index (χ0n) is 13.9. The van der Waals surface area contributed by atoms with Gasteiger partial charge in [-0.05, 0) is 31.4 Å². The smallest absolute Gasteiger partial charge is 0.269 e. The molecule has 0 radical (unpaired) electrons. The number of nitro groups is 1. The van der Waals surface area contributed by atoms with Gasteiger partial charge in [-0.25, -0.2) is 4.99 Å². The summed E-state index contributed by atoms with van der Waals surface area (Å²) in [7, 11) is 0. The molecule has 1 aliphatic heterocycles. The van der Waals surface area contributed by atoms with Crippen molar-refractivity contribution >= 4 is 28.3 Å². The Hall–Kier alpha value is -1.60. The number of hydrogen-bond donors (Lipinski definition) is 1. The molecule has 1 heterocycles. The van der Waals surface area contributed by atoms with Gasteiger partial charge in [0.1, 0.15) is 0 Å². The van der Waals surface area contributed by atoms with Crippen molar-refractivity contribution in [1.82, 2.24) is 4.90 Å². The Bertz CT molecular complexity index is 617. The Balaban J connectivity index is 2.31. The quantitative estimate of drug-likeness (QED) is 0.658. The Kier molecular flexibility index (Phi) is 5.64. The molecular formula is C16H23N3O3S. The number of amidine groups is 1. The third-order valence-electron chi connectivity index (χ3n) is 3.76. The van der Waals surface area contributed by atoms with E-state index in [-0.39, 0.29) is 11.7 Å². The van der Waals surface area contributed by atoms with Gasteiger partial charge in [0, 0.05) is 24.4 Å². The van der Waals surface area contributed by atoms with Gasteiger partial charge < -0.3 is 10.0 Å². The van der Waals surface area contributed by atoms with Crippen molar-refractivity contribution in [2.24, 2.45) is 10.9 Å². The number of nitro benzene ring substituents is 1. The van der Waals surface area contributed by atoms with E-state index in [0.29, 0.717) is 5.92 Å². The largest absolute Gasteiger partial charge is 0.391 e. The van der Waals surface area contributed by atoms with Crippen LogP contribution in [0.2, 0.25) is 0 Å². The van der Waals surface area contributed by atoms with Gasteiger partial charge >= 0.3 is 0 Å². The van der Waals surface area contributed by atoms with E-state index < -0.39 is 11.0 Å². The minimum atomic E-state index is -0.424. The van der Waals surface area contributed by atoms with Crippen LogP contribution in [-0.2, 0) is 0 Å². The van der Waals surface area contributed by atoms with E-state index in [9.17, 15) is 15.2 Å². The SMILES string of the molecule is Cc1cc([N+](=O)[O-])ccc1/N=C1\SC[C@H](C(C)O)N1CC(C)C. The van der Waals surface area contributed by atoms with Gasteiger partial charge in [0.05, 0.1) is 22.8 Å². The highest BCUT2D eigenvalue weighted by Crippen LogP contribution is 2.31. The first kappa shape index (κ1) is 17.7. The second-order valence-corrected chi connectivity index (χ2v) is 7.27. The second-order valence-electron chi connectivity index (χ2n) is 6.29. The molecule has 0 amide bonds. The fourth-order valence-electron chi connectivity index (χ4n) is 2.56. The summed E-state index contributed by atoms with van der Waals surface area (Å²) in [6.07, 6.45) is -0.424. The van der Waals surface area contributed by atoms with E-state index in [1.54, 1.807) is 24.8 Å². The molecule has 1 fully saturated rings. The third-order valence-corrected chi connectivity index (χ3v) is 4.85. The maximum atomic E-state index is 10.8. The number of aliphatic hydroxyl groups excluding tert-OH is 1. The monoisotopic (exact) mass is 337 g/mol. The number of thioether (sulfide) groups is 1. The molecule has 23 heavy (non-hydrogen) atoms. The molecule has 0 aromatic heterocycles. The molecule has 0 aliphatic carbocycles. The zero-order chi connectivity index (χ0) is 17.1. The lowest BCUT2D eigenvalue weighted by Gasteiger charge is -2.29. The summed E-state index contributed by atoms with van der Waals surface area (Å²) in [6, 6.07) is 4.76. The molecule has 1 aliphatic rings. The highest BCUT2D eigenvalue weighted by Gasteiger charge is 2.33. The summed E-state index contributed by atoms with van der Waals surface area (Å²) < 4.78 is 0. The molecular weight excluding hydrogens is 314 g/mol. The number of aryl methyl sites for hydroxylation is 1. The molecule has 6 nitrogen and oxygen atoms in total. The fourth-order valence-corrected chi connectivity index (χ4v) is 3.88. The number of aliphatic hydroxyl groups is 1. The Labute approximate surface area is 140 Å². The van der Waals surface area contributed by atoms with Crippen LogP contribution in [0.5, 0.6) is 0 Å². The number of hydrogen-bond acceptors (Lipinski definition) is 5. The van der Waals surface area contributed by atoms with Crippen LogP contribution in [0.15, 0.2) is 23.2 Å². The first-order valence-corrected chi connectivity index (χ1v) is 8.69. The molecule has 1 aromatic rings. The summed E-state index contributed by atoms with van der Waals surface area (Å²) in [5.41, 5.74) is 1.59. The summed E-state index contributed by atoms with van der Waals surface area (Å²) in [4.78, 5) is 17.3. The molecule has 1 N–H and O–H groups in total. The van der Waals surface area contributed by atoms with Crippen molar-refractivity contribution in [3.8, 4) is 0 Å². The van der Waals surface area contributed by atoms with Gasteiger partial charge in [-0.3, -0.25) is 10.1 Å². The third kappa shape index (κ3) is 4.23. The maximum Gasteiger partial charge on any atom is 0.269 e. The highest BCUT2D eigenvalue weighted by molar-refractivity contribution is 8.14. The van der Waals surface area contributed by atoms with E-state index in [2.05, 4.69) is 18.7 Å². The van der Waals surface area contributed by atoms with Crippen molar-refractivity contribution in [1.29, 1.82) is 0 Å². The lowest BCUT2D eigenvalue weighted by Crippen LogP contribution is -2.43. The molecule has 0 saturated carbocycles. The van der Waals surface area contributed by atoms with E-state index in [1.165, 1.54) is 12.1 Å². The highest BCUT2D eigenvalue weighted by atomic mass is 32.2. The van der Waals surface area contributed by atoms with Crippen LogP contribution in [0.3, 0.4) is 0 Å². The van der Waals surface area contributed by atoms with Gasteiger partial charge in [0.25, 0.3) is 5.69 Å². The average Bonchev–Trinajstić information content (AvgIpc) is 2.83. The number of non-ortho nitro benzene ring substituents is 1. The van der Waals surface area contributed by atoms with E-state index in [4.69, 9.17) is 4.99 Å². The predicted molar refractivity (Wildman–Crippen MR) is 94.4 cm³/mol. The normalized spacial score (nSPS) is 21.2. The molecule has 2 atom stereocenters.